The van der Waals surface area contributed by atoms with Gasteiger partial charge in [-0.3, -0.25) is 0 Å². The minimum Gasteiger partial charge on any atom is -0.312 e. The lowest BCUT2D eigenvalue weighted by molar-refractivity contribution is 0.463. The fraction of sp³-hybridized carbons (Fsp3) is 0.538. The molecule has 0 amide bonds. The average molecular weight is 300 g/mol. The maximum absolute atomic E-state index is 12.6. The fourth-order valence-electron chi connectivity index (χ4n) is 1.79. The molecular weight excluding hydrogens is 280 g/mol. The van der Waals surface area contributed by atoms with Gasteiger partial charge in [0.15, 0.2) is 0 Å². The zero-order valence-corrected chi connectivity index (χ0v) is 13.2. The van der Waals surface area contributed by atoms with E-state index in [2.05, 4.69) is 11.2 Å². The van der Waals surface area contributed by atoms with Crippen LogP contribution in [0.2, 0.25) is 0 Å². The highest BCUT2D eigenvalue weighted by Gasteiger charge is 2.28. The van der Waals surface area contributed by atoms with Gasteiger partial charge in [-0.2, -0.15) is 4.31 Å². The predicted molar refractivity (Wildman–Crippen MR) is 79.7 cm³/mol. The average Bonchev–Trinajstić information content (AvgIpc) is 2.75. The van der Waals surface area contributed by atoms with Gasteiger partial charge in [-0.15, -0.1) is 17.8 Å². The third-order valence-electron chi connectivity index (χ3n) is 2.74. The number of rotatable bonds is 7. The number of hydrogen-bond donors (Lipinski definition) is 1. The zero-order chi connectivity index (χ0) is 14.5. The Hall–Kier alpha value is -0.870. The lowest BCUT2D eigenvalue weighted by Gasteiger charge is -2.19. The molecular formula is C13H20N2O2S2. The highest BCUT2D eigenvalue weighted by atomic mass is 32.2. The molecule has 19 heavy (non-hydrogen) atoms. The van der Waals surface area contributed by atoms with Gasteiger partial charge in [0, 0.05) is 18.0 Å². The summed E-state index contributed by atoms with van der Waals surface area (Å²) in [7, 11) is -3.50. The Balaban J connectivity index is 3.20. The number of nitrogens with zero attached hydrogens (tertiary/aromatic N) is 1. The molecule has 106 valence electrons. The maximum Gasteiger partial charge on any atom is 0.245 e. The molecule has 0 aliphatic rings. The Morgan fingerprint density at radius 2 is 2.16 bits per heavy atom. The van der Waals surface area contributed by atoms with Crippen LogP contribution in [0.3, 0.4) is 0 Å². The van der Waals surface area contributed by atoms with Crippen LogP contribution in [0, 0.1) is 19.3 Å². The second-order valence-electron chi connectivity index (χ2n) is 4.09. The van der Waals surface area contributed by atoms with Gasteiger partial charge in [0.2, 0.25) is 10.0 Å². The summed E-state index contributed by atoms with van der Waals surface area (Å²) in [5.41, 5.74) is 0.786. The van der Waals surface area contributed by atoms with Gasteiger partial charge in [-0.05, 0) is 24.4 Å². The molecule has 0 aliphatic carbocycles. The molecule has 4 nitrogen and oxygen atoms in total. The Morgan fingerprint density at radius 3 is 2.68 bits per heavy atom. The molecule has 1 N–H and O–H groups in total. The molecule has 1 rings (SSSR count). The molecule has 0 fully saturated rings. The molecule has 1 aromatic rings. The van der Waals surface area contributed by atoms with E-state index in [1.165, 1.54) is 15.6 Å². The summed E-state index contributed by atoms with van der Waals surface area (Å²) in [5, 5.41) is 5.04. The molecule has 0 atom stereocenters. The van der Waals surface area contributed by atoms with Gasteiger partial charge >= 0.3 is 0 Å². The topological polar surface area (TPSA) is 49.4 Å². The number of nitrogens with one attached hydrogen (secondary N) is 1. The second-order valence-corrected chi connectivity index (χ2v) is 6.93. The lowest BCUT2D eigenvalue weighted by atomic mass is 10.3. The lowest BCUT2D eigenvalue weighted by Crippen LogP contribution is -2.32. The van der Waals surface area contributed by atoms with E-state index in [0.29, 0.717) is 18.0 Å². The molecule has 0 radical (unpaired) electrons. The van der Waals surface area contributed by atoms with Crippen molar-refractivity contribution in [2.75, 3.05) is 19.6 Å². The quantitative estimate of drug-likeness (QED) is 0.781. The third kappa shape index (κ3) is 3.57. The number of sulfonamides is 1. The molecule has 1 aromatic heterocycles. The molecule has 0 aliphatic heterocycles. The van der Waals surface area contributed by atoms with Gasteiger partial charge in [0.05, 0.1) is 6.54 Å². The molecule has 0 bridgehead atoms. The summed E-state index contributed by atoms with van der Waals surface area (Å²) in [6, 6.07) is 0. The molecule has 1 heterocycles. The van der Waals surface area contributed by atoms with Crippen molar-refractivity contribution in [1.29, 1.82) is 0 Å². The smallest absolute Gasteiger partial charge is 0.245 e. The Bertz CT molecular complexity index is 556. The number of terminal acetylenes is 1. The van der Waals surface area contributed by atoms with Crippen molar-refractivity contribution in [3.63, 3.8) is 0 Å². The van der Waals surface area contributed by atoms with Gasteiger partial charge < -0.3 is 5.32 Å². The van der Waals surface area contributed by atoms with Crippen LogP contribution in [-0.2, 0) is 16.6 Å². The summed E-state index contributed by atoms with van der Waals surface area (Å²) in [4.78, 5) is 1.25. The largest absolute Gasteiger partial charge is 0.312 e. The zero-order valence-electron chi connectivity index (χ0n) is 11.6. The predicted octanol–water partition coefficient (Wildman–Crippen LogP) is 1.81. The molecule has 0 saturated heterocycles. The minimum absolute atomic E-state index is 0.106. The van der Waals surface area contributed by atoms with E-state index >= 15 is 0 Å². The van der Waals surface area contributed by atoms with Crippen molar-refractivity contribution in [2.24, 2.45) is 0 Å². The summed E-state index contributed by atoms with van der Waals surface area (Å²) in [6.45, 7) is 7.46. The van der Waals surface area contributed by atoms with E-state index in [-0.39, 0.29) is 6.54 Å². The van der Waals surface area contributed by atoms with Crippen LogP contribution in [-0.4, -0.2) is 32.4 Å². The van der Waals surface area contributed by atoms with Gasteiger partial charge in [-0.1, -0.05) is 19.8 Å². The van der Waals surface area contributed by atoms with Crippen LogP contribution in [0.5, 0.6) is 0 Å². The minimum atomic E-state index is -3.50. The van der Waals surface area contributed by atoms with Crippen molar-refractivity contribution >= 4 is 21.4 Å². The van der Waals surface area contributed by atoms with Gasteiger partial charge in [-0.25, -0.2) is 8.42 Å². The van der Waals surface area contributed by atoms with Crippen LogP contribution in [0.25, 0.3) is 0 Å². The summed E-state index contributed by atoms with van der Waals surface area (Å²) >= 11 is 1.47. The third-order valence-corrected chi connectivity index (χ3v) is 6.13. The van der Waals surface area contributed by atoms with E-state index in [4.69, 9.17) is 6.42 Å². The van der Waals surface area contributed by atoms with Crippen LogP contribution in [0.15, 0.2) is 10.3 Å². The van der Waals surface area contributed by atoms with Gasteiger partial charge in [0.1, 0.15) is 4.90 Å². The number of hydrogen-bond acceptors (Lipinski definition) is 4. The summed E-state index contributed by atoms with van der Waals surface area (Å²) in [5.74, 6) is 2.40. The van der Waals surface area contributed by atoms with E-state index < -0.39 is 10.0 Å². The monoisotopic (exact) mass is 300 g/mol. The second kappa shape index (κ2) is 7.06. The van der Waals surface area contributed by atoms with Crippen LogP contribution in [0.4, 0.5) is 0 Å². The first kappa shape index (κ1) is 16.2. The van der Waals surface area contributed by atoms with Crippen molar-refractivity contribution in [1.82, 2.24) is 9.62 Å². The Kier molecular flexibility index (Phi) is 6.01. The first-order valence-corrected chi connectivity index (χ1v) is 8.52. The van der Waals surface area contributed by atoms with Crippen molar-refractivity contribution in [3.8, 4) is 12.3 Å². The molecule has 0 saturated carbocycles. The fourth-order valence-corrected chi connectivity index (χ4v) is 4.89. The Morgan fingerprint density at radius 1 is 1.47 bits per heavy atom. The standard InChI is InChI=1S/C13H20N2O2S2/c1-5-8-15(7-3)19(16,17)13-11(4)10-18-12(13)9-14-6-2/h1,10,14H,6-9H2,2-4H3. The van der Waals surface area contributed by atoms with Crippen molar-refractivity contribution in [2.45, 2.75) is 32.2 Å². The van der Waals surface area contributed by atoms with Crippen molar-refractivity contribution in [3.05, 3.63) is 15.8 Å². The number of thiophene rings is 1. The number of aryl methyl sites for hydroxylation is 1. The summed E-state index contributed by atoms with van der Waals surface area (Å²) in [6.07, 6.45) is 5.25. The SMILES string of the molecule is C#CCN(CC)S(=O)(=O)c1c(C)csc1CNCC. The highest BCUT2D eigenvalue weighted by molar-refractivity contribution is 7.89. The first-order valence-electron chi connectivity index (χ1n) is 6.20. The Labute approximate surface area is 119 Å². The van der Waals surface area contributed by atoms with Crippen LogP contribution < -0.4 is 5.32 Å². The van der Waals surface area contributed by atoms with E-state index in [0.717, 1.165) is 17.0 Å². The molecule has 6 heteroatoms. The first-order chi connectivity index (χ1) is 8.98. The highest BCUT2D eigenvalue weighted by Crippen LogP contribution is 2.29. The van der Waals surface area contributed by atoms with E-state index in [9.17, 15) is 8.42 Å². The molecule has 0 spiro atoms. The van der Waals surface area contributed by atoms with Crippen molar-refractivity contribution < 1.29 is 8.42 Å². The normalized spacial score (nSPS) is 11.7. The molecule has 0 unspecified atom stereocenters. The van der Waals surface area contributed by atoms with E-state index in [1.807, 2.05) is 19.2 Å². The van der Waals surface area contributed by atoms with E-state index in [1.54, 1.807) is 6.92 Å². The van der Waals surface area contributed by atoms with Crippen LogP contribution in [0.1, 0.15) is 24.3 Å². The molecule has 0 aromatic carbocycles. The van der Waals surface area contributed by atoms with Gasteiger partial charge in [0.25, 0.3) is 0 Å². The van der Waals surface area contributed by atoms with Crippen LogP contribution >= 0.6 is 11.3 Å². The summed E-state index contributed by atoms with van der Waals surface area (Å²) < 4.78 is 26.6. The maximum atomic E-state index is 12.6.